The van der Waals surface area contributed by atoms with Crippen LogP contribution < -0.4 is 15.0 Å². The molecule has 0 bridgehead atoms. The van der Waals surface area contributed by atoms with E-state index in [9.17, 15) is 9.59 Å². The SMILES string of the molecule is CSC1CC(OC(=O)Nc2cc3cc(-c4cnc5c(c4C)N(C(=O)OC(C)(C)C)CCO5)c(F)c(C)c3cn2)C1. The van der Waals surface area contributed by atoms with Gasteiger partial charge in [0.05, 0.1) is 6.54 Å². The number of fused-ring (bicyclic) bond motifs is 2. The van der Waals surface area contributed by atoms with E-state index in [-0.39, 0.29) is 19.3 Å². The number of benzene rings is 1. The molecule has 3 heterocycles. The van der Waals surface area contributed by atoms with Gasteiger partial charge in [-0.3, -0.25) is 10.2 Å². The summed E-state index contributed by atoms with van der Waals surface area (Å²) in [4.78, 5) is 35.6. The zero-order valence-corrected chi connectivity index (χ0v) is 24.3. The molecule has 1 N–H and O–H groups in total. The molecule has 1 aliphatic heterocycles. The highest BCUT2D eigenvalue weighted by Crippen LogP contribution is 2.41. The molecule has 0 spiro atoms. The van der Waals surface area contributed by atoms with Crippen LogP contribution in [-0.4, -0.2) is 58.5 Å². The fourth-order valence-electron chi connectivity index (χ4n) is 4.91. The van der Waals surface area contributed by atoms with Gasteiger partial charge in [0.15, 0.2) is 0 Å². The van der Waals surface area contributed by atoms with Gasteiger partial charge < -0.3 is 14.2 Å². The highest BCUT2D eigenvalue weighted by atomic mass is 32.2. The second kappa shape index (κ2) is 10.8. The van der Waals surface area contributed by atoms with E-state index in [1.165, 1.54) is 11.1 Å². The average Bonchev–Trinajstić information content (AvgIpc) is 2.87. The highest BCUT2D eigenvalue weighted by molar-refractivity contribution is 7.99. The number of aryl methyl sites for hydroxylation is 1. The van der Waals surface area contributed by atoms with Gasteiger partial charge >= 0.3 is 12.2 Å². The highest BCUT2D eigenvalue weighted by Gasteiger charge is 2.33. The third-order valence-corrected chi connectivity index (χ3v) is 8.15. The average molecular weight is 569 g/mol. The molecule has 2 aromatic heterocycles. The first-order valence-electron chi connectivity index (χ1n) is 13.2. The number of nitrogens with zero attached hydrogens (tertiary/aromatic N) is 3. The molecular formula is C29H33FN4O5S. The van der Waals surface area contributed by atoms with Crippen LogP contribution in [0.5, 0.6) is 5.88 Å². The first kappa shape index (κ1) is 27.9. The molecule has 0 radical (unpaired) electrons. The van der Waals surface area contributed by atoms with Crippen LogP contribution >= 0.6 is 11.8 Å². The van der Waals surface area contributed by atoms with Crippen LogP contribution in [0, 0.1) is 19.7 Å². The molecule has 1 saturated carbocycles. The Morgan fingerprint density at radius 3 is 2.58 bits per heavy atom. The summed E-state index contributed by atoms with van der Waals surface area (Å²) < 4.78 is 32.6. The first-order chi connectivity index (χ1) is 18.9. The Balaban J connectivity index is 1.48. The maximum atomic E-state index is 15.8. The molecule has 40 heavy (non-hydrogen) atoms. The van der Waals surface area contributed by atoms with Crippen molar-refractivity contribution in [2.45, 2.75) is 64.4 Å². The van der Waals surface area contributed by atoms with E-state index in [4.69, 9.17) is 14.2 Å². The Kier molecular flexibility index (Phi) is 7.52. The lowest BCUT2D eigenvalue weighted by atomic mass is 9.95. The summed E-state index contributed by atoms with van der Waals surface area (Å²) in [5, 5.41) is 4.51. The molecule has 2 aliphatic rings. The number of nitrogens with one attached hydrogen (secondary N) is 1. The quantitative estimate of drug-likeness (QED) is 0.374. The van der Waals surface area contributed by atoms with E-state index in [0.29, 0.717) is 55.7 Å². The van der Waals surface area contributed by atoms with Crippen molar-refractivity contribution in [3.05, 3.63) is 41.5 Å². The van der Waals surface area contributed by atoms with Gasteiger partial charge in [-0.1, -0.05) is 0 Å². The van der Waals surface area contributed by atoms with E-state index in [0.717, 1.165) is 12.8 Å². The van der Waals surface area contributed by atoms with Crippen molar-refractivity contribution in [1.82, 2.24) is 9.97 Å². The molecule has 3 aromatic rings. The number of halogens is 1. The van der Waals surface area contributed by atoms with Gasteiger partial charge in [0.1, 0.15) is 35.6 Å². The zero-order valence-electron chi connectivity index (χ0n) is 23.5. The minimum atomic E-state index is -0.683. The second-order valence-corrected chi connectivity index (χ2v) is 12.2. The predicted molar refractivity (Wildman–Crippen MR) is 154 cm³/mol. The lowest BCUT2D eigenvalue weighted by Gasteiger charge is -2.33. The van der Waals surface area contributed by atoms with Gasteiger partial charge in [-0.15, -0.1) is 0 Å². The largest absolute Gasteiger partial charge is 0.474 e. The van der Waals surface area contributed by atoms with Crippen LogP contribution in [0.2, 0.25) is 0 Å². The number of rotatable bonds is 4. The van der Waals surface area contributed by atoms with E-state index in [1.54, 1.807) is 64.7 Å². The monoisotopic (exact) mass is 568 g/mol. The summed E-state index contributed by atoms with van der Waals surface area (Å²) in [7, 11) is 0. The molecule has 5 rings (SSSR count). The second-order valence-electron chi connectivity index (χ2n) is 11.1. The van der Waals surface area contributed by atoms with E-state index in [1.807, 2.05) is 6.26 Å². The van der Waals surface area contributed by atoms with Gasteiger partial charge in [-0.25, -0.2) is 23.9 Å². The molecule has 1 aliphatic carbocycles. The minimum Gasteiger partial charge on any atom is -0.474 e. The normalized spacial score (nSPS) is 18.4. The summed E-state index contributed by atoms with van der Waals surface area (Å²) in [5.74, 6) is 0.175. The number of carbonyl (C=O) groups is 2. The van der Waals surface area contributed by atoms with Gasteiger partial charge in [0.2, 0.25) is 5.88 Å². The fraction of sp³-hybridized carbons (Fsp3) is 0.448. The maximum absolute atomic E-state index is 15.8. The number of aromatic nitrogens is 2. The molecule has 2 amide bonds. The Morgan fingerprint density at radius 2 is 1.88 bits per heavy atom. The van der Waals surface area contributed by atoms with Crippen molar-refractivity contribution in [1.29, 1.82) is 0 Å². The molecule has 0 unspecified atom stereocenters. The van der Waals surface area contributed by atoms with Gasteiger partial charge in [-0.05, 0) is 82.4 Å². The van der Waals surface area contributed by atoms with Crippen molar-refractivity contribution < 1.29 is 28.2 Å². The number of anilines is 2. The fourth-order valence-corrected chi connectivity index (χ4v) is 5.72. The smallest absolute Gasteiger partial charge is 0.415 e. The van der Waals surface area contributed by atoms with Crippen LogP contribution in [0.15, 0.2) is 24.5 Å². The van der Waals surface area contributed by atoms with E-state index in [2.05, 4.69) is 15.3 Å². The van der Waals surface area contributed by atoms with Gasteiger partial charge in [0, 0.05) is 34.2 Å². The van der Waals surface area contributed by atoms with Crippen LogP contribution in [0.3, 0.4) is 0 Å². The lowest BCUT2D eigenvalue weighted by Crippen LogP contribution is -2.42. The van der Waals surface area contributed by atoms with Crippen molar-refractivity contribution in [3.8, 4) is 17.0 Å². The summed E-state index contributed by atoms with van der Waals surface area (Å²) in [6.45, 7) is 9.43. The molecule has 1 aromatic carbocycles. The van der Waals surface area contributed by atoms with E-state index >= 15 is 4.39 Å². The standard InChI is InChI=1S/C29H33FN4O5S/c1-15-21-13-31-23(33-27(35)38-18-11-19(12-18)40-6)10-17(21)9-20(24(15)30)22-14-32-26-25(16(22)2)34(7-8-37-26)28(36)39-29(3,4)5/h9-10,13-14,18-19H,7-8,11-12H2,1-6H3,(H,31,33,35). The number of pyridine rings is 2. The Hall–Kier alpha value is -3.60. The van der Waals surface area contributed by atoms with E-state index < -0.39 is 23.6 Å². The number of ether oxygens (including phenoxy) is 3. The third-order valence-electron chi connectivity index (χ3n) is 7.09. The molecule has 9 nitrogen and oxygen atoms in total. The summed E-state index contributed by atoms with van der Waals surface area (Å²) in [6.07, 6.45) is 5.64. The molecule has 0 saturated heterocycles. The molecular weight excluding hydrogens is 535 g/mol. The van der Waals surface area contributed by atoms with Crippen LogP contribution in [0.4, 0.5) is 25.5 Å². The number of thioether (sulfide) groups is 1. The van der Waals surface area contributed by atoms with Crippen LogP contribution in [0.1, 0.15) is 44.7 Å². The molecule has 1 fully saturated rings. The van der Waals surface area contributed by atoms with Crippen molar-refractivity contribution >= 4 is 46.2 Å². The van der Waals surface area contributed by atoms with Gasteiger partial charge in [-0.2, -0.15) is 11.8 Å². The Labute approximate surface area is 236 Å². The number of carbonyl (C=O) groups excluding carboxylic acids is 2. The zero-order chi connectivity index (χ0) is 28.8. The van der Waals surface area contributed by atoms with Crippen LogP contribution in [0.25, 0.3) is 21.9 Å². The lowest BCUT2D eigenvalue weighted by molar-refractivity contribution is 0.0565. The van der Waals surface area contributed by atoms with Crippen molar-refractivity contribution in [2.24, 2.45) is 0 Å². The van der Waals surface area contributed by atoms with Crippen molar-refractivity contribution in [2.75, 3.05) is 29.6 Å². The number of hydrogen-bond acceptors (Lipinski definition) is 8. The van der Waals surface area contributed by atoms with Crippen LogP contribution in [-0.2, 0) is 9.47 Å². The Morgan fingerprint density at radius 1 is 1.12 bits per heavy atom. The summed E-state index contributed by atoms with van der Waals surface area (Å²) in [5.41, 5.74) is 1.63. The summed E-state index contributed by atoms with van der Waals surface area (Å²) >= 11 is 1.77. The van der Waals surface area contributed by atoms with Gasteiger partial charge in [0.25, 0.3) is 0 Å². The third kappa shape index (κ3) is 5.52. The molecule has 0 atom stereocenters. The van der Waals surface area contributed by atoms with Crippen molar-refractivity contribution in [3.63, 3.8) is 0 Å². The number of hydrogen-bond donors (Lipinski definition) is 1. The topological polar surface area (TPSA) is 103 Å². The Bertz CT molecular complexity index is 1490. The number of amides is 2. The predicted octanol–water partition coefficient (Wildman–Crippen LogP) is 6.63. The molecule has 11 heteroatoms. The first-order valence-corrected chi connectivity index (χ1v) is 14.5. The molecule has 212 valence electrons. The minimum absolute atomic E-state index is 0.0930. The maximum Gasteiger partial charge on any atom is 0.415 e. The summed E-state index contributed by atoms with van der Waals surface area (Å²) in [6, 6.07) is 3.39.